The number of nitrogens with zero attached hydrogens (tertiary/aromatic N) is 3. The van der Waals surface area contributed by atoms with E-state index in [1.54, 1.807) is 12.1 Å². The van der Waals surface area contributed by atoms with Crippen molar-refractivity contribution < 1.29 is 19.2 Å². The summed E-state index contributed by atoms with van der Waals surface area (Å²) in [7, 11) is 1.33. The van der Waals surface area contributed by atoms with Crippen LogP contribution >= 0.6 is 0 Å². The van der Waals surface area contributed by atoms with Gasteiger partial charge >= 0.3 is 0 Å². The molecule has 150 valence electrons. The number of ether oxygens (including phenoxy) is 1. The number of phenols is 1. The second kappa shape index (κ2) is 7.67. The van der Waals surface area contributed by atoms with Crippen LogP contribution in [0, 0.1) is 17.0 Å². The van der Waals surface area contributed by atoms with E-state index in [1.165, 1.54) is 19.4 Å². The number of non-ortho nitro benzene ring substituents is 1. The number of oxazole rings is 1. The Bertz CT molecular complexity index is 1280. The summed E-state index contributed by atoms with van der Waals surface area (Å²) in [6.07, 6.45) is 1.35. The first kappa shape index (κ1) is 19.1. The van der Waals surface area contributed by atoms with Crippen molar-refractivity contribution in [1.82, 2.24) is 4.98 Å². The first-order chi connectivity index (χ1) is 14.5. The maximum atomic E-state index is 11.1. The number of aromatic hydroxyl groups is 1. The van der Waals surface area contributed by atoms with Gasteiger partial charge in [-0.1, -0.05) is 12.1 Å². The highest BCUT2D eigenvalue weighted by Crippen LogP contribution is 2.34. The van der Waals surface area contributed by atoms with E-state index in [-0.39, 0.29) is 22.7 Å². The van der Waals surface area contributed by atoms with Crippen LogP contribution < -0.4 is 4.74 Å². The molecule has 0 bridgehead atoms. The molecule has 0 unspecified atom stereocenters. The zero-order chi connectivity index (χ0) is 21.3. The first-order valence-electron chi connectivity index (χ1n) is 9.02. The number of para-hydroxylation sites is 1. The highest BCUT2D eigenvalue weighted by Gasteiger charge is 2.16. The Kier molecular flexibility index (Phi) is 4.89. The van der Waals surface area contributed by atoms with Crippen LogP contribution in [-0.4, -0.2) is 28.3 Å². The van der Waals surface area contributed by atoms with Crippen LogP contribution in [0.15, 0.2) is 64.0 Å². The van der Waals surface area contributed by atoms with Gasteiger partial charge in [0.15, 0.2) is 17.1 Å². The molecule has 1 N–H and O–H groups in total. The van der Waals surface area contributed by atoms with E-state index in [4.69, 9.17) is 9.15 Å². The van der Waals surface area contributed by atoms with Crippen molar-refractivity contribution in [2.45, 2.75) is 6.92 Å². The lowest BCUT2D eigenvalue weighted by Crippen LogP contribution is -1.94. The summed E-state index contributed by atoms with van der Waals surface area (Å²) in [5, 5.41) is 21.3. The third-order valence-corrected chi connectivity index (χ3v) is 4.61. The SMILES string of the molecule is COc1cc([N+](=O)[O-])cc(C=Nc2ccc(-c3nc4c(C)cccc4o3)cc2)c1O. The van der Waals surface area contributed by atoms with Crippen molar-refractivity contribution >= 4 is 28.7 Å². The summed E-state index contributed by atoms with van der Waals surface area (Å²) < 4.78 is 10.8. The van der Waals surface area contributed by atoms with Gasteiger partial charge in [0.1, 0.15) is 5.52 Å². The smallest absolute Gasteiger partial charge is 0.274 e. The van der Waals surface area contributed by atoms with Gasteiger partial charge in [-0.2, -0.15) is 0 Å². The molecule has 8 nitrogen and oxygen atoms in total. The molecule has 0 aliphatic carbocycles. The average molecular weight is 403 g/mol. The Morgan fingerprint density at radius 3 is 2.63 bits per heavy atom. The second-order valence-electron chi connectivity index (χ2n) is 6.59. The van der Waals surface area contributed by atoms with E-state index < -0.39 is 4.92 Å². The molecule has 3 aromatic carbocycles. The van der Waals surface area contributed by atoms with E-state index in [0.717, 1.165) is 28.3 Å². The summed E-state index contributed by atoms with van der Waals surface area (Å²) >= 11 is 0. The van der Waals surface area contributed by atoms with Crippen molar-refractivity contribution in [2.24, 2.45) is 4.99 Å². The van der Waals surface area contributed by atoms with Crippen LogP contribution in [0.4, 0.5) is 11.4 Å². The molecule has 0 spiro atoms. The second-order valence-corrected chi connectivity index (χ2v) is 6.59. The standard InChI is InChI=1S/C22H17N3O5/c1-13-4-3-5-18-20(13)24-22(30-18)14-6-8-16(9-7-14)23-12-15-10-17(25(27)28)11-19(29-2)21(15)26/h3-12,26H,1-2H3. The quantitative estimate of drug-likeness (QED) is 0.279. The van der Waals surface area contributed by atoms with Gasteiger partial charge < -0.3 is 14.3 Å². The largest absolute Gasteiger partial charge is 0.504 e. The number of aryl methyl sites for hydroxylation is 1. The first-order valence-corrected chi connectivity index (χ1v) is 9.02. The number of aromatic nitrogens is 1. The van der Waals surface area contributed by atoms with Crippen LogP contribution in [0.2, 0.25) is 0 Å². The molecular weight excluding hydrogens is 386 g/mol. The molecule has 1 heterocycles. The summed E-state index contributed by atoms with van der Waals surface area (Å²) in [5.74, 6) is 0.300. The fraction of sp³-hybridized carbons (Fsp3) is 0.0909. The molecule has 0 saturated carbocycles. The minimum absolute atomic E-state index is 0.00671. The predicted octanol–water partition coefficient (Wildman–Crippen LogP) is 5.18. The lowest BCUT2D eigenvalue weighted by Gasteiger charge is -2.06. The minimum atomic E-state index is -0.559. The molecule has 0 fully saturated rings. The third-order valence-electron chi connectivity index (χ3n) is 4.61. The van der Waals surface area contributed by atoms with E-state index in [0.29, 0.717) is 11.6 Å². The average Bonchev–Trinajstić information content (AvgIpc) is 3.19. The highest BCUT2D eigenvalue weighted by atomic mass is 16.6. The number of benzene rings is 3. The van der Waals surface area contributed by atoms with Gasteiger partial charge in [0, 0.05) is 23.4 Å². The molecule has 4 aromatic rings. The van der Waals surface area contributed by atoms with E-state index in [2.05, 4.69) is 9.98 Å². The molecule has 8 heteroatoms. The van der Waals surface area contributed by atoms with Gasteiger partial charge in [-0.15, -0.1) is 0 Å². The van der Waals surface area contributed by atoms with Crippen LogP contribution in [0.5, 0.6) is 11.5 Å². The zero-order valence-corrected chi connectivity index (χ0v) is 16.2. The Morgan fingerprint density at radius 2 is 1.97 bits per heavy atom. The Balaban J connectivity index is 1.62. The fourth-order valence-corrected chi connectivity index (χ4v) is 3.02. The van der Waals surface area contributed by atoms with E-state index in [9.17, 15) is 15.2 Å². The number of methoxy groups -OCH3 is 1. The summed E-state index contributed by atoms with van der Waals surface area (Å²) in [5.41, 5.74) is 3.95. The Hall–Kier alpha value is -4.20. The van der Waals surface area contributed by atoms with Crippen molar-refractivity contribution in [3.8, 4) is 23.0 Å². The number of nitro groups is 1. The molecule has 0 saturated heterocycles. The number of nitro benzene ring substituents is 1. The normalized spacial score (nSPS) is 11.3. The van der Waals surface area contributed by atoms with Gasteiger partial charge in [0.05, 0.1) is 23.8 Å². The highest BCUT2D eigenvalue weighted by molar-refractivity contribution is 5.88. The maximum Gasteiger partial charge on any atom is 0.274 e. The molecule has 30 heavy (non-hydrogen) atoms. The number of rotatable bonds is 5. The molecule has 1 aromatic heterocycles. The zero-order valence-electron chi connectivity index (χ0n) is 16.2. The number of phenolic OH excluding ortho intramolecular Hbond substituents is 1. The fourth-order valence-electron chi connectivity index (χ4n) is 3.02. The van der Waals surface area contributed by atoms with Crippen molar-refractivity contribution in [1.29, 1.82) is 0 Å². The van der Waals surface area contributed by atoms with Gasteiger partial charge in [0.2, 0.25) is 5.89 Å². The van der Waals surface area contributed by atoms with Crippen molar-refractivity contribution in [3.05, 3.63) is 75.8 Å². The van der Waals surface area contributed by atoms with Gasteiger partial charge in [-0.3, -0.25) is 15.1 Å². The molecule has 0 aliphatic heterocycles. The van der Waals surface area contributed by atoms with Crippen LogP contribution in [-0.2, 0) is 0 Å². The lowest BCUT2D eigenvalue weighted by molar-refractivity contribution is -0.385. The number of hydrogen-bond acceptors (Lipinski definition) is 7. The third kappa shape index (κ3) is 3.58. The van der Waals surface area contributed by atoms with Crippen LogP contribution in [0.1, 0.15) is 11.1 Å². The van der Waals surface area contributed by atoms with Gasteiger partial charge in [-0.05, 0) is 42.8 Å². The van der Waals surface area contributed by atoms with Gasteiger partial charge in [0.25, 0.3) is 5.69 Å². The number of hydrogen-bond donors (Lipinski definition) is 1. The van der Waals surface area contributed by atoms with Gasteiger partial charge in [-0.25, -0.2) is 4.98 Å². The van der Waals surface area contributed by atoms with Crippen LogP contribution in [0.3, 0.4) is 0 Å². The maximum absolute atomic E-state index is 11.1. The Labute approximate surface area is 171 Å². The summed E-state index contributed by atoms with van der Waals surface area (Å²) in [6, 6.07) is 15.3. The van der Waals surface area contributed by atoms with Crippen molar-refractivity contribution in [3.63, 3.8) is 0 Å². The minimum Gasteiger partial charge on any atom is -0.504 e. The molecule has 0 radical (unpaired) electrons. The monoisotopic (exact) mass is 403 g/mol. The van der Waals surface area contributed by atoms with E-state index >= 15 is 0 Å². The summed E-state index contributed by atoms with van der Waals surface area (Å²) in [6.45, 7) is 1.98. The van der Waals surface area contributed by atoms with Crippen LogP contribution in [0.25, 0.3) is 22.6 Å². The lowest BCUT2D eigenvalue weighted by atomic mass is 10.1. The molecule has 4 rings (SSSR count). The molecular formula is C22H17N3O5. The summed E-state index contributed by atoms with van der Waals surface area (Å²) in [4.78, 5) is 19.4. The number of aliphatic imine (C=N–C) groups is 1. The van der Waals surface area contributed by atoms with Crippen molar-refractivity contribution in [2.75, 3.05) is 7.11 Å². The number of fused-ring (bicyclic) bond motifs is 1. The van der Waals surface area contributed by atoms with E-state index in [1.807, 2.05) is 37.3 Å². The topological polar surface area (TPSA) is 111 Å². The molecule has 0 amide bonds. The Morgan fingerprint density at radius 1 is 1.20 bits per heavy atom. The predicted molar refractivity (Wildman–Crippen MR) is 113 cm³/mol. The molecule has 0 atom stereocenters. The molecule has 0 aliphatic rings.